The predicted molar refractivity (Wildman–Crippen MR) is 119 cm³/mol. The normalized spacial score (nSPS) is 26.1. The van der Waals surface area contributed by atoms with Gasteiger partial charge in [-0.2, -0.15) is 0 Å². The Morgan fingerprint density at radius 1 is 1.10 bits per heavy atom. The van der Waals surface area contributed by atoms with Crippen molar-refractivity contribution >= 4 is 11.7 Å². The smallest absolute Gasteiger partial charge is 0.337 e. The zero-order valence-corrected chi connectivity index (χ0v) is 18.0. The van der Waals surface area contributed by atoms with Gasteiger partial charge in [-0.1, -0.05) is 48.5 Å². The van der Waals surface area contributed by atoms with Gasteiger partial charge in [-0.05, 0) is 50.2 Å². The number of likely N-dealkylation sites (N-methyl/N-ethyl adjacent to an activating group) is 1. The van der Waals surface area contributed by atoms with E-state index in [-0.39, 0.29) is 6.04 Å². The van der Waals surface area contributed by atoms with Gasteiger partial charge >= 0.3 is 5.97 Å². The molecule has 0 radical (unpaired) electrons. The van der Waals surface area contributed by atoms with Crippen molar-refractivity contribution in [2.45, 2.75) is 36.8 Å². The molecule has 162 valence electrons. The molecule has 3 N–H and O–H groups in total. The molecule has 0 fully saturated rings. The summed E-state index contributed by atoms with van der Waals surface area (Å²) in [6, 6.07) is 19.5. The minimum absolute atomic E-state index is 0.328. The van der Waals surface area contributed by atoms with Gasteiger partial charge in [0.05, 0.1) is 18.7 Å². The second-order valence-corrected chi connectivity index (χ2v) is 8.06. The van der Waals surface area contributed by atoms with Crippen molar-refractivity contribution in [2.75, 3.05) is 19.5 Å². The summed E-state index contributed by atoms with van der Waals surface area (Å²) in [7, 11) is 2.99. The average molecular weight is 421 g/mol. The molecule has 6 nitrogen and oxygen atoms in total. The summed E-state index contributed by atoms with van der Waals surface area (Å²) in [6.45, 7) is 1.86. The molecular weight excluding hydrogens is 392 g/mol. The van der Waals surface area contributed by atoms with Crippen LogP contribution in [-0.2, 0) is 20.7 Å². The van der Waals surface area contributed by atoms with Gasteiger partial charge in [-0.3, -0.25) is 5.32 Å². The molecule has 2 aromatic carbocycles. The number of methoxy groups -OCH3 is 1. The van der Waals surface area contributed by atoms with E-state index in [1.54, 1.807) is 7.05 Å². The van der Waals surface area contributed by atoms with Gasteiger partial charge in [-0.15, -0.1) is 0 Å². The first-order valence-electron chi connectivity index (χ1n) is 10.4. The summed E-state index contributed by atoms with van der Waals surface area (Å²) in [5, 5.41) is 17.1. The molecule has 2 aliphatic heterocycles. The van der Waals surface area contributed by atoms with E-state index in [9.17, 15) is 9.90 Å². The molecule has 4 rings (SSSR count). The number of rotatable bonds is 8. The highest BCUT2D eigenvalue weighted by molar-refractivity contribution is 5.95. The van der Waals surface area contributed by atoms with Crippen molar-refractivity contribution in [3.63, 3.8) is 0 Å². The third kappa shape index (κ3) is 3.67. The van der Waals surface area contributed by atoms with Crippen molar-refractivity contribution in [2.24, 2.45) is 0 Å². The summed E-state index contributed by atoms with van der Waals surface area (Å²) < 4.78 is 11.7. The highest BCUT2D eigenvalue weighted by atomic mass is 16.6. The molecule has 0 spiro atoms. The molecule has 6 heteroatoms. The number of aliphatic hydroxyl groups is 1. The third-order valence-corrected chi connectivity index (χ3v) is 6.08. The fraction of sp³-hybridized carbons (Fsp3) is 0.320. The van der Waals surface area contributed by atoms with Crippen LogP contribution in [0.25, 0.3) is 0 Å². The van der Waals surface area contributed by atoms with Gasteiger partial charge in [0.15, 0.2) is 0 Å². The maximum absolute atomic E-state index is 13.0. The van der Waals surface area contributed by atoms with Crippen LogP contribution in [0.2, 0.25) is 0 Å². The van der Waals surface area contributed by atoms with E-state index >= 15 is 0 Å². The summed E-state index contributed by atoms with van der Waals surface area (Å²) >= 11 is 0. The van der Waals surface area contributed by atoms with Crippen molar-refractivity contribution in [3.05, 3.63) is 89.5 Å². The molecule has 0 saturated carbocycles. The second-order valence-electron chi connectivity index (χ2n) is 8.06. The Morgan fingerprint density at radius 2 is 1.74 bits per heavy atom. The van der Waals surface area contributed by atoms with Gasteiger partial charge in [0.1, 0.15) is 17.4 Å². The van der Waals surface area contributed by atoms with Crippen LogP contribution >= 0.6 is 0 Å². The summed E-state index contributed by atoms with van der Waals surface area (Å²) in [5.41, 5.74) is 0.821. The second kappa shape index (κ2) is 8.30. The Labute approximate surface area is 182 Å². The lowest BCUT2D eigenvalue weighted by atomic mass is 9.76. The number of carbonyl (C=O) groups excluding carboxylic acids is 1. The molecule has 2 aliphatic rings. The van der Waals surface area contributed by atoms with E-state index in [4.69, 9.17) is 9.47 Å². The fourth-order valence-corrected chi connectivity index (χ4v) is 4.62. The Hall–Kier alpha value is -2.93. The number of esters is 1. The lowest BCUT2D eigenvalue weighted by Crippen LogP contribution is -2.50. The maximum Gasteiger partial charge on any atom is 0.337 e. The Bertz CT molecular complexity index is 963. The molecule has 0 aliphatic carbocycles. The molecule has 2 bridgehead atoms. The van der Waals surface area contributed by atoms with Crippen LogP contribution in [0.4, 0.5) is 5.69 Å². The molecule has 0 aromatic heterocycles. The molecule has 0 saturated heterocycles. The largest absolute Gasteiger partial charge is 0.466 e. The van der Waals surface area contributed by atoms with Crippen LogP contribution < -0.4 is 10.6 Å². The number of carbonyl (C=O) groups is 1. The van der Waals surface area contributed by atoms with E-state index in [0.717, 1.165) is 11.3 Å². The van der Waals surface area contributed by atoms with Crippen LogP contribution in [-0.4, -0.2) is 48.7 Å². The Kier molecular flexibility index (Phi) is 5.71. The molecule has 31 heavy (non-hydrogen) atoms. The van der Waals surface area contributed by atoms with Gasteiger partial charge in [0.2, 0.25) is 0 Å². The van der Waals surface area contributed by atoms with Gasteiger partial charge in [-0.25, -0.2) is 4.79 Å². The minimum atomic E-state index is -1.10. The van der Waals surface area contributed by atoms with Gasteiger partial charge in [0, 0.05) is 11.3 Å². The standard InChI is InChI=1S/C25H28N2O4/c1-24-14-15-25(31-24,21(23(29)30-3)20(24)22(28)26-2)19(16-17-10-6-4-7-11-17)27-18-12-8-5-9-13-18/h4-15,19,22,26-28H,16H2,1-3H3. The number of hydrogen-bond acceptors (Lipinski definition) is 6. The van der Waals surface area contributed by atoms with Crippen LogP contribution in [0.5, 0.6) is 0 Å². The van der Waals surface area contributed by atoms with Gasteiger partial charge in [0.25, 0.3) is 0 Å². The quantitative estimate of drug-likeness (QED) is 0.346. The Morgan fingerprint density at radius 3 is 2.35 bits per heavy atom. The van der Waals surface area contributed by atoms with Crippen LogP contribution in [0.15, 0.2) is 84.0 Å². The topological polar surface area (TPSA) is 79.8 Å². The average Bonchev–Trinajstić information content (AvgIpc) is 3.29. The van der Waals surface area contributed by atoms with Crippen molar-refractivity contribution in [3.8, 4) is 0 Å². The number of aliphatic hydroxyl groups excluding tert-OH is 1. The van der Waals surface area contributed by atoms with Crippen LogP contribution in [0, 0.1) is 0 Å². The van der Waals surface area contributed by atoms with Crippen molar-refractivity contribution in [1.29, 1.82) is 0 Å². The zero-order valence-electron chi connectivity index (χ0n) is 18.0. The van der Waals surface area contributed by atoms with E-state index in [0.29, 0.717) is 17.6 Å². The maximum atomic E-state index is 13.0. The van der Waals surface area contributed by atoms with Crippen LogP contribution in [0.1, 0.15) is 12.5 Å². The summed E-state index contributed by atoms with van der Waals surface area (Å²) in [5.74, 6) is -0.509. The lowest BCUT2D eigenvalue weighted by Gasteiger charge is -2.36. The van der Waals surface area contributed by atoms with Gasteiger partial charge < -0.3 is 19.9 Å². The Balaban J connectivity index is 1.84. The molecule has 0 amide bonds. The number of hydrogen-bond donors (Lipinski definition) is 3. The number of ether oxygens (including phenoxy) is 2. The highest BCUT2D eigenvalue weighted by Gasteiger charge is 2.62. The van der Waals surface area contributed by atoms with E-state index < -0.39 is 23.4 Å². The first kappa shape index (κ1) is 21.3. The number of benzene rings is 2. The molecular formula is C25H28N2O4. The summed E-state index contributed by atoms with van der Waals surface area (Å²) in [6.07, 6.45) is 3.40. The number of nitrogens with one attached hydrogen (secondary N) is 2. The first-order chi connectivity index (χ1) is 14.9. The fourth-order valence-electron chi connectivity index (χ4n) is 4.62. The molecule has 2 heterocycles. The molecule has 2 aromatic rings. The van der Waals surface area contributed by atoms with E-state index in [2.05, 4.69) is 10.6 Å². The highest BCUT2D eigenvalue weighted by Crippen LogP contribution is 2.53. The van der Waals surface area contributed by atoms with E-state index in [1.165, 1.54) is 7.11 Å². The third-order valence-electron chi connectivity index (χ3n) is 6.08. The minimum Gasteiger partial charge on any atom is -0.466 e. The summed E-state index contributed by atoms with van der Waals surface area (Å²) in [4.78, 5) is 13.0. The lowest BCUT2D eigenvalue weighted by molar-refractivity contribution is -0.138. The predicted octanol–water partition coefficient (Wildman–Crippen LogP) is 2.81. The number of anilines is 1. The van der Waals surface area contributed by atoms with Crippen molar-refractivity contribution in [1.82, 2.24) is 5.32 Å². The first-order valence-corrected chi connectivity index (χ1v) is 10.4. The monoisotopic (exact) mass is 420 g/mol. The SMILES string of the molecule is CNC(O)C1=C(C(=O)OC)C2(C(Cc3ccccc3)Nc3ccccc3)C=CC1(C)O2. The molecule has 4 unspecified atom stereocenters. The number of para-hydroxylation sites is 1. The van der Waals surface area contributed by atoms with E-state index in [1.807, 2.05) is 79.7 Å². The van der Waals surface area contributed by atoms with Crippen LogP contribution in [0.3, 0.4) is 0 Å². The zero-order chi connectivity index (χ0) is 22.1. The van der Waals surface area contributed by atoms with Crippen molar-refractivity contribution < 1.29 is 19.4 Å². The molecule has 4 atom stereocenters. The number of fused-ring (bicyclic) bond motifs is 2.